The van der Waals surface area contributed by atoms with E-state index in [1.807, 2.05) is 11.4 Å². The van der Waals surface area contributed by atoms with Crippen LogP contribution < -0.4 is 4.74 Å². The number of nitrogens with zero attached hydrogens (tertiary/aromatic N) is 2. The van der Waals surface area contributed by atoms with Gasteiger partial charge in [0, 0.05) is 0 Å². The van der Waals surface area contributed by atoms with Gasteiger partial charge in [-0.25, -0.2) is 4.98 Å². The molecule has 2 aromatic rings. The topological polar surface area (TPSA) is 35.0 Å². The van der Waals surface area contributed by atoms with Gasteiger partial charge in [-0.3, -0.25) is 0 Å². The first-order valence-corrected chi connectivity index (χ1v) is 6.96. The van der Waals surface area contributed by atoms with Gasteiger partial charge in [-0.1, -0.05) is 13.8 Å². The van der Waals surface area contributed by atoms with Crippen molar-refractivity contribution in [2.75, 3.05) is 6.61 Å². The molecule has 0 aliphatic carbocycles. The third-order valence-corrected chi connectivity index (χ3v) is 3.40. The molecule has 0 N–H and O–H groups in total. The molecule has 0 aliphatic heterocycles. The summed E-state index contributed by atoms with van der Waals surface area (Å²) < 4.78 is 5.68. The van der Waals surface area contributed by atoms with E-state index in [1.165, 1.54) is 0 Å². The highest BCUT2D eigenvalue weighted by Crippen LogP contribution is 2.28. The van der Waals surface area contributed by atoms with Crippen molar-refractivity contribution in [2.24, 2.45) is 5.92 Å². The van der Waals surface area contributed by atoms with Gasteiger partial charge in [-0.2, -0.15) is 4.98 Å². The van der Waals surface area contributed by atoms with E-state index < -0.39 is 0 Å². The molecule has 0 amide bonds. The average molecular weight is 271 g/mol. The maximum atomic E-state index is 5.85. The molecule has 0 radical (unpaired) electrons. The number of rotatable bonds is 5. The predicted octanol–water partition coefficient (Wildman–Crippen LogP) is 4.16. The second-order valence-corrected chi connectivity index (χ2v) is 5.55. The van der Waals surface area contributed by atoms with Crippen molar-refractivity contribution in [1.29, 1.82) is 0 Å². The maximum absolute atomic E-state index is 5.85. The SMILES string of the molecule is CC(C)CCCOc1nc(Cl)nc2sccc12. The molecule has 3 nitrogen and oxygen atoms in total. The monoisotopic (exact) mass is 270 g/mol. The van der Waals surface area contributed by atoms with Crippen molar-refractivity contribution in [3.63, 3.8) is 0 Å². The summed E-state index contributed by atoms with van der Waals surface area (Å²) in [7, 11) is 0. The lowest BCUT2D eigenvalue weighted by Gasteiger charge is -2.07. The lowest BCUT2D eigenvalue weighted by molar-refractivity contribution is 0.290. The molecule has 0 aliphatic rings. The number of thiophene rings is 1. The van der Waals surface area contributed by atoms with E-state index in [9.17, 15) is 0 Å². The van der Waals surface area contributed by atoms with Crippen LogP contribution in [0, 0.1) is 5.92 Å². The highest BCUT2D eigenvalue weighted by molar-refractivity contribution is 7.16. The third-order valence-electron chi connectivity index (χ3n) is 2.43. The fourth-order valence-electron chi connectivity index (χ4n) is 1.57. The third kappa shape index (κ3) is 3.30. The summed E-state index contributed by atoms with van der Waals surface area (Å²) in [6.45, 7) is 5.09. The van der Waals surface area contributed by atoms with Crippen molar-refractivity contribution >= 4 is 33.2 Å². The first-order chi connectivity index (χ1) is 8.16. The average Bonchev–Trinajstić information content (AvgIpc) is 2.71. The summed E-state index contributed by atoms with van der Waals surface area (Å²) in [6.07, 6.45) is 2.19. The zero-order chi connectivity index (χ0) is 12.3. The molecule has 0 unspecified atom stereocenters. The molecule has 17 heavy (non-hydrogen) atoms. The molecule has 2 heterocycles. The summed E-state index contributed by atoms with van der Waals surface area (Å²) >= 11 is 7.39. The van der Waals surface area contributed by atoms with Crippen LogP contribution in [0.1, 0.15) is 26.7 Å². The van der Waals surface area contributed by atoms with Crippen LogP contribution in [0.4, 0.5) is 0 Å². The molecule has 2 rings (SSSR count). The second-order valence-electron chi connectivity index (χ2n) is 4.32. The van der Waals surface area contributed by atoms with E-state index in [2.05, 4.69) is 23.8 Å². The van der Waals surface area contributed by atoms with Gasteiger partial charge in [0.25, 0.3) is 0 Å². The molecule has 2 aromatic heterocycles. The van der Waals surface area contributed by atoms with E-state index in [0.29, 0.717) is 18.4 Å². The molecule has 5 heteroatoms. The maximum Gasteiger partial charge on any atom is 0.227 e. The Morgan fingerprint density at radius 1 is 1.41 bits per heavy atom. The lowest BCUT2D eigenvalue weighted by Crippen LogP contribution is -2.01. The first-order valence-electron chi connectivity index (χ1n) is 5.70. The van der Waals surface area contributed by atoms with Crippen LogP contribution >= 0.6 is 22.9 Å². The second kappa shape index (κ2) is 5.65. The summed E-state index contributed by atoms with van der Waals surface area (Å²) in [5, 5.41) is 3.17. The summed E-state index contributed by atoms with van der Waals surface area (Å²) in [4.78, 5) is 9.15. The molecule has 0 saturated heterocycles. The van der Waals surface area contributed by atoms with Gasteiger partial charge in [0.05, 0.1) is 12.0 Å². The van der Waals surface area contributed by atoms with Crippen LogP contribution in [-0.2, 0) is 0 Å². The van der Waals surface area contributed by atoms with Crippen molar-refractivity contribution in [2.45, 2.75) is 26.7 Å². The van der Waals surface area contributed by atoms with E-state index >= 15 is 0 Å². The van der Waals surface area contributed by atoms with Crippen LogP contribution in [0.15, 0.2) is 11.4 Å². The lowest BCUT2D eigenvalue weighted by atomic mass is 10.1. The van der Waals surface area contributed by atoms with E-state index in [-0.39, 0.29) is 5.28 Å². The largest absolute Gasteiger partial charge is 0.477 e. The van der Waals surface area contributed by atoms with Crippen LogP contribution in [0.2, 0.25) is 5.28 Å². The van der Waals surface area contributed by atoms with Crippen LogP contribution in [-0.4, -0.2) is 16.6 Å². The Kier molecular flexibility index (Phi) is 4.18. The minimum Gasteiger partial charge on any atom is -0.477 e. The van der Waals surface area contributed by atoms with Gasteiger partial charge in [-0.15, -0.1) is 11.3 Å². The van der Waals surface area contributed by atoms with Gasteiger partial charge in [0.1, 0.15) is 4.83 Å². The molecule has 0 fully saturated rings. The Hall–Kier alpha value is -0.870. The summed E-state index contributed by atoms with van der Waals surface area (Å²) in [5.74, 6) is 1.30. The van der Waals surface area contributed by atoms with Gasteiger partial charge in [0.15, 0.2) is 0 Å². The molecule has 0 spiro atoms. The Bertz CT molecular complexity index is 498. The Morgan fingerprint density at radius 2 is 2.24 bits per heavy atom. The number of fused-ring (bicyclic) bond motifs is 1. The molecule has 0 atom stereocenters. The normalized spacial score (nSPS) is 11.3. The fraction of sp³-hybridized carbons (Fsp3) is 0.500. The molecule has 0 bridgehead atoms. The molecular weight excluding hydrogens is 256 g/mol. The highest BCUT2D eigenvalue weighted by atomic mass is 35.5. The van der Waals surface area contributed by atoms with Crippen LogP contribution in [0.5, 0.6) is 5.88 Å². The number of aromatic nitrogens is 2. The van der Waals surface area contributed by atoms with Gasteiger partial charge < -0.3 is 4.74 Å². The molecular formula is C12H15ClN2OS. The van der Waals surface area contributed by atoms with Crippen molar-refractivity contribution in [3.05, 3.63) is 16.7 Å². The quantitative estimate of drug-likeness (QED) is 0.604. The zero-order valence-corrected chi connectivity index (χ0v) is 11.5. The van der Waals surface area contributed by atoms with Crippen LogP contribution in [0.25, 0.3) is 10.2 Å². The van der Waals surface area contributed by atoms with E-state index in [1.54, 1.807) is 11.3 Å². The summed E-state index contributed by atoms with van der Waals surface area (Å²) in [6, 6.07) is 1.97. The number of hydrogen-bond donors (Lipinski definition) is 0. The Balaban J connectivity index is 2.04. The fourth-order valence-corrected chi connectivity index (χ4v) is 2.54. The predicted molar refractivity (Wildman–Crippen MR) is 72.0 cm³/mol. The Labute approximate surface area is 110 Å². The molecule has 0 aromatic carbocycles. The van der Waals surface area contributed by atoms with Crippen molar-refractivity contribution in [3.8, 4) is 5.88 Å². The highest BCUT2D eigenvalue weighted by Gasteiger charge is 2.08. The van der Waals surface area contributed by atoms with Gasteiger partial charge >= 0.3 is 0 Å². The zero-order valence-electron chi connectivity index (χ0n) is 9.94. The summed E-state index contributed by atoms with van der Waals surface area (Å²) in [5.41, 5.74) is 0. The van der Waals surface area contributed by atoms with Crippen molar-refractivity contribution in [1.82, 2.24) is 9.97 Å². The molecule has 0 saturated carbocycles. The standard InChI is InChI=1S/C12H15ClN2OS/c1-8(2)4-3-6-16-10-9-5-7-17-11(9)15-12(13)14-10/h5,7-8H,3-4,6H2,1-2H3. The van der Waals surface area contributed by atoms with Gasteiger partial charge in [0.2, 0.25) is 11.2 Å². The van der Waals surface area contributed by atoms with Gasteiger partial charge in [-0.05, 0) is 41.8 Å². The van der Waals surface area contributed by atoms with Crippen LogP contribution in [0.3, 0.4) is 0 Å². The minimum absolute atomic E-state index is 0.249. The van der Waals surface area contributed by atoms with Crippen molar-refractivity contribution < 1.29 is 4.74 Å². The first kappa shape index (κ1) is 12.6. The Morgan fingerprint density at radius 3 is 3.00 bits per heavy atom. The number of hydrogen-bond acceptors (Lipinski definition) is 4. The van der Waals surface area contributed by atoms with E-state index in [4.69, 9.17) is 16.3 Å². The van der Waals surface area contributed by atoms with E-state index in [0.717, 1.165) is 23.1 Å². The number of halogens is 1. The smallest absolute Gasteiger partial charge is 0.227 e. The number of ether oxygens (including phenoxy) is 1. The molecule has 92 valence electrons. The minimum atomic E-state index is 0.249.